The van der Waals surface area contributed by atoms with Crippen LogP contribution in [0.25, 0.3) is 0 Å². The predicted octanol–water partition coefficient (Wildman–Crippen LogP) is 1.04. The molecule has 21 heavy (non-hydrogen) atoms. The zero-order chi connectivity index (χ0) is 15.6. The fraction of sp³-hybridized carbons (Fsp3) is 0.308. The SMILES string of the molecule is CNC(C)c1cc(F)ccc1Sc1nc(=O)c(=O)[nH]n1C. The third-order valence-corrected chi connectivity index (χ3v) is 4.16. The molecule has 0 saturated carbocycles. The first-order chi connectivity index (χ1) is 9.92. The smallest absolute Gasteiger partial charge is 0.313 e. The summed E-state index contributed by atoms with van der Waals surface area (Å²) in [6, 6.07) is 4.34. The van der Waals surface area contributed by atoms with Gasteiger partial charge in [-0.05, 0) is 49.5 Å². The van der Waals surface area contributed by atoms with Crippen LogP contribution >= 0.6 is 11.8 Å². The van der Waals surface area contributed by atoms with Crippen molar-refractivity contribution in [2.45, 2.75) is 23.0 Å². The van der Waals surface area contributed by atoms with E-state index in [-0.39, 0.29) is 11.9 Å². The minimum absolute atomic E-state index is 0.0667. The van der Waals surface area contributed by atoms with Crippen molar-refractivity contribution in [3.63, 3.8) is 0 Å². The normalized spacial score (nSPS) is 12.4. The molecule has 0 amide bonds. The largest absolute Gasteiger partial charge is 0.339 e. The fourth-order valence-electron chi connectivity index (χ4n) is 1.76. The van der Waals surface area contributed by atoms with Crippen molar-refractivity contribution in [3.05, 3.63) is 50.3 Å². The van der Waals surface area contributed by atoms with Gasteiger partial charge in [-0.1, -0.05) is 0 Å². The van der Waals surface area contributed by atoms with E-state index in [1.54, 1.807) is 20.2 Å². The van der Waals surface area contributed by atoms with Crippen LogP contribution in [-0.4, -0.2) is 21.8 Å². The maximum absolute atomic E-state index is 13.4. The molecule has 1 aromatic carbocycles. The van der Waals surface area contributed by atoms with Crippen LogP contribution in [-0.2, 0) is 7.05 Å². The molecule has 2 rings (SSSR count). The average Bonchev–Trinajstić information content (AvgIpc) is 2.45. The summed E-state index contributed by atoms with van der Waals surface area (Å²) < 4.78 is 14.8. The standard InChI is InChI=1S/C13H15FN4O2S/c1-7(15-2)9-6-8(14)4-5-10(9)21-13-16-11(19)12(20)17-18(13)3/h4-7,15H,1-3H3,(H,17,20). The van der Waals surface area contributed by atoms with Crippen molar-refractivity contribution in [3.8, 4) is 0 Å². The van der Waals surface area contributed by atoms with Gasteiger partial charge in [0, 0.05) is 18.0 Å². The molecule has 0 bridgehead atoms. The number of benzene rings is 1. The van der Waals surface area contributed by atoms with Crippen LogP contribution in [0.5, 0.6) is 0 Å². The summed E-state index contributed by atoms with van der Waals surface area (Å²) in [6.45, 7) is 1.90. The molecule has 1 atom stereocenters. The van der Waals surface area contributed by atoms with Crippen molar-refractivity contribution >= 4 is 11.8 Å². The molecule has 0 fully saturated rings. The Hall–Kier alpha value is -1.93. The number of hydrogen-bond donors (Lipinski definition) is 2. The molecule has 1 unspecified atom stereocenters. The predicted molar refractivity (Wildman–Crippen MR) is 78.1 cm³/mol. The van der Waals surface area contributed by atoms with Crippen LogP contribution in [0.2, 0.25) is 0 Å². The summed E-state index contributed by atoms with van der Waals surface area (Å²) in [6.07, 6.45) is 0. The van der Waals surface area contributed by atoms with Crippen molar-refractivity contribution in [2.75, 3.05) is 7.05 Å². The number of H-pyrrole nitrogens is 1. The van der Waals surface area contributed by atoms with E-state index in [2.05, 4.69) is 15.4 Å². The zero-order valence-electron chi connectivity index (χ0n) is 11.8. The van der Waals surface area contributed by atoms with Gasteiger partial charge in [-0.3, -0.25) is 19.4 Å². The number of halogens is 1. The first-order valence-corrected chi connectivity index (χ1v) is 7.06. The molecule has 0 aliphatic carbocycles. The van der Waals surface area contributed by atoms with Crippen LogP contribution in [0.4, 0.5) is 4.39 Å². The summed E-state index contributed by atoms with van der Waals surface area (Å²) in [7, 11) is 3.36. The number of hydrogen-bond acceptors (Lipinski definition) is 5. The molecule has 1 heterocycles. The zero-order valence-corrected chi connectivity index (χ0v) is 12.6. The number of aryl methyl sites for hydroxylation is 1. The highest BCUT2D eigenvalue weighted by atomic mass is 32.2. The van der Waals surface area contributed by atoms with Gasteiger partial charge in [-0.25, -0.2) is 4.39 Å². The van der Waals surface area contributed by atoms with E-state index in [4.69, 9.17) is 0 Å². The van der Waals surface area contributed by atoms with Crippen molar-refractivity contribution in [1.82, 2.24) is 20.1 Å². The van der Waals surface area contributed by atoms with Crippen LogP contribution in [0, 0.1) is 5.82 Å². The van der Waals surface area contributed by atoms with E-state index in [0.717, 1.165) is 10.5 Å². The van der Waals surface area contributed by atoms with E-state index in [0.29, 0.717) is 5.16 Å². The summed E-state index contributed by atoms with van der Waals surface area (Å²) in [5.74, 6) is -0.334. The number of aromatic nitrogens is 3. The van der Waals surface area contributed by atoms with Gasteiger partial charge in [-0.15, -0.1) is 0 Å². The Kier molecular flexibility index (Phi) is 4.59. The Bertz CT molecular complexity index is 771. The van der Waals surface area contributed by atoms with Gasteiger partial charge in [0.15, 0.2) is 5.16 Å². The topological polar surface area (TPSA) is 79.8 Å². The molecule has 0 radical (unpaired) electrons. The Labute approximate surface area is 124 Å². The molecule has 6 nitrogen and oxygen atoms in total. The van der Waals surface area contributed by atoms with Crippen molar-refractivity contribution < 1.29 is 4.39 Å². The van der Waals surface area contributed by atoms with Crippen LogP contribution in [0.15, 0.2) is 37.8 Å². The molecular weight excluding hydrogens is 295 g/mol. The molecule has 8 heteroatoms. The number of rotatable bonds is 4. The van der Waals surface area contributed by atoms with Gasteiger partial charge in [-0.2, -0.15) is 4.98 Å². The summed E-state index contributed by atoms with van der Waals surface area (Å²) in [5, 5.41) is 5.75. The minimum atomic E-state index is -0.846. The summed E-state index contributed by atoms with van der Waals surface area (Å²) in [5.41, 5.74) is -0.867. The third-order valence-electron chi connectivity index (χ3n) is 3.02. The van der Waals surface area contributed by atoms with Gasteiger partial charge in [0.05, 0.1) is 0 Å². The fourth-order valence-corrected chi connectivity index (χ4v) is 2.75. The Balaban J connectivity index is 2.47. The van der Waals surface area contributed by atoms with Gasteiger partial charge >= 0.3 is 11.1 Å². The first kappa shape index (κ1) is 15.5. The third kappa shape index (κ3) is 3.40. The molecule has 112 valence electrons. The number of nitrogens with one attached hydrogen (secondary N) is 2. The van der Waals surface area contributed by atoms with E-state index < -0.39 is 11.1 Å². The lowest BCUT2D eigenvalue weighted by Crippen LogP contribution is -2.33. The van der Waals surface area contributed by atoms with Crippen LogP contribution in [0.1, 0.15) is 18.5 Å². The van der Waals surface area contributed by atoms with Crippen LogP contribution < -0.4 is 16.4 Å². The highest BCUT2D eigenvalue weighted by Crippen LogP contribution is 2.31. The Morgan fingerprint density at radius 2 is 2.14 bits per heavy atom. The lowest BCUT2D eigenvalue weighted by molar-refractivity contribution is 0.592. The molecule has 0 spiro atoms. The second-order valence-corrected chi connectivity index (χ2v) is 5.50. The molecular formula is C13H15FN4O2S. The maximum Gasteiger partial charge on any atom is 0.339 e. The molecule has 2 N–H and O–H groups in total. The van der Waals surface area contributed by atoms with Crippen molar-refractivity contribution in [1.29, 1.82) is 0 Å². The Morgan fingerprint density at radius 1 is 1.43 bits per heavy atom. The second kappa shape index (κ2) is 6.23. The highest BCUT2D eigenvalue weighted by molar-refractivity contribution is 7.99. The second-order valence-electron chi connectivity index (χ2n) is 4.49. The minimum Gasteiger partial charge on any atom is -0.313 e. The molecule has 0 saturated heterocycles. The van der Waals surface area contributed by atoms with E-state index in [1.807, 2.05) is 6.92 Å². The Morgan fingerprint density at radius 3 is 2.81 bits per heavy atom. The molecule has 2 aromatic rings. The van der Waals surface area contributed by atoms with Crippen molar-refractivity contribution in [2.24, 2.45) is 7.05 Å². The monoisotopic (exact) mass is 310 g/mol. The summed E-state index contributed by atoms with van der Waals surface area (Å²) in [4.78, 5) is 27.0. The van der Waals surface area contributed by atoms with Gasteiger partial charge < -0.3 is 5.32 Å². The molecule has 0 aliphatic heterocycles. The molecule has 0 aliphatic rings. The van der Waals surface area contributed by atoms with Gasteiger partial charge in [0.25, 0.3) is 0 Å². The summed E-state index contributed by atoms with van der Waals surface area (Å²) >= 11 is 1.19. The van der Waals surface area contributed by atoms with Gasteiger partial charge in [0.1, 0.15) is 5.82 Å². The van der Waals surface area contributed by atoms with Gasteiger partial charge in [0.2, 0.25) is 0 Å². The average molecular weight is 310 g/mol. The highest BCUT2D eigenvalue weighted by Gasteiger charge is 2.14. The van der Waals surface area contributed by atoms with E-state index in [1.165, 1.54) is 28.6 Å². The number of nitrogens with zero attached hydrogens (tertiary/aromatic N) is 2. The first-order valence-electron chi connectivity index (χ1n) is 6.24. The maximum atomic E-state index is 13.4. The van der Waals surface area contributed by atoms with E-state index >= 15 is 0 Å². The lowest BCUT2D eigenvalue weighted by Gasteiger charge is -2.16. The van der Waals surface area contributed by atoms with E-state index in [9.17, 15) is 14.0 Å². The molecule has 1 aromatic heterocycles. The quantitative estimate of drug-likeness (QED) is 0.825. The van der Waals surface area contributed by atoms with Crippen LogP contribution in [0.3, 0.4) is 0 Å². The lowest BCUT2D eigenvalue weighted by atomic mass is 10.1. The number of aromatic amines is 1.